The van der Waals surface area contributed by atoms with Gasteiger partial charge in [-0.15, -0.1) is 0 Å². The molecule has 19 heavy (non-hydrogen) atoms. The summed E-state index contributed by atoms with van der Waals surface area (Å²) in [6.07, 6.45) is 4.71. The SMILES string of the molecule is O=S(=O)(C1CC1)N1CCC(c2nc(C3CC3)no2)C1. The zero-order valence-electron chi connectivity index (χ0n) is 10.7. The maximum absolute atomic E-state index is 12.2. The van der Waals surface area contributed by atoms with Crippen molar-refractivity contribution in [2.45, 2.75) is 49.2 Å². The second-order valence-corrected chi connectivity index (χ2v) is 8.07. The largest absolute Gasteiger partial charge is 0.339 e. The molecule has 1 saturated heterocycles. The summed E-state index contributed by atoms with van der Waals surface area (Å²) in [7, 11) is -3.06. The van der Waals surface area contributed by atoms with Crippen LogP contribution in [0.4, 0.5) is 0 Å². The highest BCUT2D eigenvalue weighted by Gasteiger charge is 2.44. The lowest BCUT2D eigenvalue weighted by Gasteiger charge is -2.14. The Morgan fingerprint density at radius 2 is 1.89 bits per heavy atom. The van der Waals surface area contributed by atoms with Crippen LogP contribution in [0.5, 0.6) is 0 Å². The first kappa shape index (κ1) is 11.8. The molecule has 7 heteroatoms. The van der Waals surface area contributed by atoms with Crippen LogP contribution < -0.4 is 0 Å². The van der Waals surface area contributed by atoms with E-state index in [0.29, 0.717) is 24.9 Å². The Labute approximate surface area is 112 Å². The first-order valence-electron chi connectivity index (χ1n) is 6.97. The third-order valence-corrected chi connectivity index (χ3v) is 6.57. The van der Waals surface area contributed by atoms with Gasteiger partial charge in [-0.2, -0.15) is 4.98 Å². The quantitative estimate of drug-likeness (QED) is 0.830. The minimum atomic E-state index is -3.06. The van der Waals surface area contributed by atoms with Gasteiger partial charge in [-0.25, -0.2) is 12.7 Å². The minimum absolute atomic E-state index is 0.0773. The van der Waals surface area contributed by atoms with E-state index in [1.54, 1.807) is 4.31 Å². The molecule has 0 N–H and O–H groups in total. The lowest BCUT2D eigenvalue weighted by atomic mass is 10.1. The number of hydrogen-bond donors (Lipinski definition) is 0. The van der Waals surface area contributed by atoms with Crippen LogP contribution in [-0.4, -0.2) is 41.2 Å². The summed E-state index contributed by atoms with van der Waals surface area (Å²) >= 11 is 0. The van der Waals surface area contributed by atoms with Crippen molar-refractivity contribution in [3.63, 3.8) is 0 Å². The van der Waals surface area contributed by atoms with Crippen molar-refractivity contribution in [2.75, 3.05) is 13.1 Å². The van der Waals surface area contributed by atoms with Crippen LogP contribution in [0.25, 0.3) is 0 Å². The molecule has 0 amide bonds. The molecule has 3 fully saturated rings. The van der Waals surface area contributed by atoms with Gasteiger partial charge in [0.25, 0.3) is 0 Å². The van der Waals surface area contributed by atoms with Crippen molar-refractivity contribution in [3.05, 3.63) is 11.7 Å². The standard InChI is InChI=1S/C12H17N3O3S/c16-19(17,10-3-4-10)15-6-5-9(7-15)12-13-11(14-18-12)8-1-2-8/h8-10H,1-7H2. The first-order chi connectivity index (χ1) is 9.14. The van der Waals surface area contributed by atoms with E-state index in [2.05, 4.69) is 10.1 Å². The van der Waals surface area contributed by atoms with E-state index >= 15 is 0 Å². The molecule has 2 heterocycles. The van der Waals surface area contributed by atoms with Gasteiger partial charge in [-0.1, -0.05) is 5.16 Å². The van der Waals surface area contributed by atoms with E-state index in [-0.39, 0.29) is 11.2 Å². The summed E-state index contributed by atoms with van der Waals surface area (Å²) in [6.45, 7) is 1.09. The molecular weight excluding hydrogens is 266 g/mol. The molecule has 0 aromatic carbocycles. The summed E-state index contributed by atoms with van der Waals surface area (Å²) in [6, 6.07) is 0. The highest BCUT2D eigenvalue weighted by Crippen LogP contribution is 2.40. The van der Waals surface area contributed by atoms with Crippen LogP contribution in [-0.2, 0) is 10.0 Å². The molecule has 1 aromatic rings. The van der Waals surface area contributed by atoms with Gasteiger partial charge < -0.3 is 4.52 Å². The summed E-state index contributed by atoms with van der Waals surface area (Å²) in [4.78, 5) is 4.43. The monoisotopic (exact) mass is 283 g/mol. The maximum Gasteiger partial charge on any atom is 0.231 e. The highest BCUT2D eigenvalue weighted by atomic mass is 32.2. The molecule has 1 unspecified atom stereocenters. The average Bonchev–Trinajstić information content (AvgIpc) is 3.31. The molecular formula is C12H17N3O3S. The van der Waals surface area contributed by atoms with E-state index in [1.165, 1.54) is 0 Å². The van der Waals surface area contributed by atoms with Gasteiger partial charge in [-0.3, -0.25) is 0 Å². The number of nitrogens with zero attached hydrogens (tertiary/aromatic N) is 3. The van der Waals surface area contributed by atoms with Crippen LogP contribution in [0.3, 0.4) is 0 Å². The Morgan fingerprint density at radius 3 is 2.58 bits per heavy atom. The molecule has 3 aliphatic rings. The van der Waals surface area contributed by atoms with Crippen molar-refractivity contribution < 1.29 is 12.9 Å². The molecule has 0 spiro atoms. The van der Waals surface area contributed by atoms with Gasteiger partial charge >= 0.3 is 0 Å². The fourth-order valence-corrected chi connectivity index (χ4v) is 4.56. The average molecular weight is 283 g/mol. The van der Waals surface area contributed by atoms with Crippen LogP contribution in [0, 0.1) is 0 Å². The Hall–Kier alpha value is -0.950. The van der Waals surface area contributed by atoms with Gasteiger partial charge in [0.05, 0.1) is 11.2 Å². The number of rotatable bonds is 4. The van der Waals surface area contributed by atoms with Crippen molar-refractivity contribution in [1.29, 1.82) is 0 Å². The molecule has 4 rings (SSSR count). The van der Waals surface area contributed by atoms with Crippen molar-refractivity contribution in [3.8, 4) is 0 Å². The Balaban J connectivity index is 1.48. The van der Waals surface area contributed by atoms with Crippen LogP contribution in [0.2, 0.25) is 0 Å². The summed E-state index contributed by atoms with van der Waals surface area (Å²) in [5.74, 6) is 1.98. The third kappa shape index (κ3) is 2.08. The molecule has 2 saturated carbocycles. The molecule has 0 radical (unpaired) electrons. The van der Waals surface area contributed by atoms with Gasteiger partial charge in [0.1, 0.15) is 0 Å². The smallest absolute Gasteiger partial charge is 0.231 e. The zero-order valence-corrected chi connectivity index (χ0v) is 11.5. The lowest BCUT2D eigenvalue weighted by Crippen LogP contribution is -2.31. The topological polar surface area (TPSA) is 76.3 Å². The van der Waals surface area contributed by atoms with E-state index in [0.717, 1.165) is 37.9 Å². The predicted octanol–water partition coefficient (Wildman–Crippen LogP) is 1.23. The zero-order chi connectivity index (χ0) is 13.0. The maximum atomic E-state index is 12.2. The molecule has 1 aliphatic heterocycles. The summed E-state index contributed by atoms with van der Waals surface area (Å²) in [5.41, 5.74) is 0. The van der Waals surface area contributed by atoms with E-state index in [4.69, 9.17) is 4.52 Å². The number of sulfonamides is 1. The Bertz CT molecular complexity index is 589. The fraction of sp³-hybridized carbons (Fsp3) is 0.833. The Kier molecular flexibility index (Phi) is 2.51. The van der Waals surface area contributed by atoms with Gasteiger partial charge in [0.15, 0.2) is 5.82 Å². The summed E-state index contributed by atoms with van der Waals surface area (Å²) in [5, 5.41) is 3.87. The molecule has 1 atom stereocenters. The minimum Gasteiger partial charge on any atom is -0.339 e. The molecule has 0 bridgehead atoms. The van der Waals surface area contributed by atoms with Crippen molar-refractivity contribution in [2.24, 2.45) is 0 Å². The predicted molar refractivity (Wildman–Crippen MR) is 67.1 cm³/mol. The van der Waals surface area contributed by atoms with E-state index in [9.17, 15) is 8.42 Å². The number of aromatic nitrogens is 2. The van der Waals surface area contributed by atoms with E-state index in [1.807, 2.05) is 0 Å². The Morgan fingerprint density at radius 1 is 1.11 bits per heavy atom. The lowest BCUT2D eigenvalue weighted by molar-refractivity contribution is 0.350. The second kappa shape index (κ2) is 4.02. The fourth-order valence-electron chi connectivity index (χ4n) is 2.66. The molecule has 2 aliphatic carbocycles. The highest BCUT2D eigenvalue weighted by molar-refractivity contribution is 7.90. The van der Waals surface area contributed by atoms with E-state index < -0.39 is 10.0 Å². The molecule has 6 nitrogen and oxygen atoms in total. The number of hydrogen-bond acceptors (Lipinski definition) is 5. The van der Waals surface area contributed by atoms with Gasteiger partial charge in [-0.05, 0) is 32.1 Å². The third-order valence-electron chi connectivity index (χ3n) is 4.21. The molecule has 104 valence electrons. The normalized spacial score (nSPS) is 28.9. The van der Waals surface area contributed by atoms with Crippen LogP contribution in [0.15, 0.2) is 4.52 Å². The van der Waals surface area contributed by atoms with Gasteiger partial charge in [0, 0.05) is 19.0 Å². The van der Waals surface area contributed by atoms with Crippen molar-refractivity contribution in [1.82, 2.24) is 14.4 Å². The first-order valence-corrected chi connectivity index (χ1v) is 8.47. The molecule has 1 aromatic heterocycles. The van der Waals surface area contributed by atoms with Crippen molar-refractivity contribution >= 4 is 10.0 Å². The second-order valence-electron chi connectivity index (χ2n) is 5.85. The van der Waals surface area contributed by atoms with Gasteiger partial charge in [0.2, 0.25) is 15.9 Å². The van der Waals surface area contributed by atoms with Crippen LogP contribution >= 0.6 is 0 Å². The summed E-state index contributed by atoms with van der Waals surface area (Å²) < 4.78 is 31.2. The van der Waals surface area contributed by atoms with Crippen LogP contribution in [0.1, 0.15) is 55.7 Å².